The number of carbonyl (C=O) groups is 3. The molecule has 8 heteroatoms. The Morgan fingerprint density at radius 1 is 0.871 bits per heavy atom. The first-order chi connectivity index (χ1) is 14.9. The van der Waals surface area contributed by atoms with Gasteiger partial charge in [-0.15, -0.1) is 0 Å². The Bertz CT molecular complexity index is 1130. The number of Topliss-reactive ketones (excluding diaryl/α,β-unsaturated/α-hetero) is 1. The minimum atomic E-state index is -0.752. The van der Waals surface area contributed by atoms with Gasteiger partial charge < -0.3 is 10.1 Å². The Hall–Kier alpha value is -4.33. The summed E-state index contributed by atoms with van der Waals surface area (Å²) in [6, 6.07) is 20.6. The average molecular weight is 418 g/mol. The standard InChI is InChI=1S/C23H18N2O6/c26-21(17-8-5-11-20(14-17)25(29)30)15-31-23(28)18-9-4-10-19(13-18)24-22(27)12-16-6-2-1-3-7-16/h1-11,13-14H,12,15H2,(H,24,27). The van der Waals surface area contributed by atoms with Gasteiger partial charge in [-0.3, -0.25) is 19.7 Å². The third-order valence-electron chi connectivity index (χ3n) is 4.30. The highest BCUT2D eigenvalue weighted by Crippen LogP contribution is 2.15. The van der Waals surface area contributed by atoms with E-state index in [4.69, 9.17) is 4.74 Å². The molecule has 156 valence electrons. The summed E-state index contributed by atoms with van der Waals surface area (Å²) in [6.45, 7) is -0.565. The fourth-order valence-corrected chi connectivity index (χ4v) is 2.80. The molecule has 3 rings (SSSR count). The van der Waals surface area contributed by atoms with Gasteiger partial charge in [-0.2, -0.15) is 0 Å². The lowest BCUT2D eigenvalue weighted by atomic mass is 10.1. The van der Waals surface area contributed by atoms with Gasteiger partial charge in [0.15, 0.2) is 6.61 Å². The molecular weight excluding hydrogens is 400 g/mol. The van der Waals surface area contributed by atoms with Crippen molar-refractivity contribution in [3.63, 3.8) is 0 Å². The fourth-order valence-electron chi connectivity index (χ4n) is 2.80. The normalized spacial score (nSPS) is 10.2. The van der Waals surface area contributed by atoms with Crippen LogP contribution in [-0.4, -0.2) is 29.2 Å². The van der Waals surface area contributed by atoms with Crippen molar-refractivity contribution in [1.29, 1.82) is 0 Å². The summed E-state index contributed by atoms with van der Waals surface area (Å²) in [7, 11) is 0. The van der Waals surface area contributed by atoms with E-state index in [1.807, 2.05) is 30.3 Å². The van der Waals surface area contributed by atoms with Crippen LogP contribution in [0.25, 0.3) is 0 Å². The molecular formula is C23H18N2O6. The SMILES string of the molecule is O=C(Cc1ccccc1)Nc1cccc(C(=O)OCC(=O)c2cccc([N+](=O)[O-])c2)c1. The second-order valence-corrected chi connectivity index (χ2v) is 6.60. The minimum Gasteiger partial charge on any atom is -0.454 e. The predicted octanol–water partition coefficient (Wildman–Crippen LogP) is 3.82. The largest absolute Gasteiger partial charge is 0.454 e. The zero-order valence-electron chi connectivity index (χ0n) is 16.3. The van der Waals surface area contributed by atoms with E-state index < -0.39 is 23.3 Å². The van der Waals surface area contributed by atoms with Crippen molar-refractivity contribution in [3.05, 3.63) is 106 Å². The van der Waals surface area contributed by atoms with Crippen LogP contribution in [0.2, 0.25) is 0 Å². The van der Waals surface area contributed by atoms with E-state index in [0.29, 0.717) is 5.69 Å². The van der Waals surface area contributed by atoms with Crippen LogP contribution >= 0.6 is 0 Å². The number of ketones is 1. The highest BCUT2D eigenvalue weighted by molar-refractivity contribution is 6.00. The Labute approximate surface area is 177 Å². The molecule has 3 aromatic rings. The molecule has 8 nitrogen and oxygen atoms in total. The third kappa shape index (κ3) is 6.07. The number of nitro benzene ring substituents is 1. The molecule has 0 aliphatic carbocycles. The quantitative estimate of drug-likeness (QED) is 0.257. The zero-order chi connectivity index (χ0) is 22.2. The van der Waals surface area contributed by atoms with Crippen molar-refractivity contribution in [3.8, 4) is 0 Å². The molecule has 0 radical (unpaired) electrons. The van der Waals surface area contributed by atoms with Crippen molar-refractivity contribution in [2.24, 2.45) is 0 Å². The van der Waals surface area contributed by atoms with Gasteiger partial charge in [0, 0.05) is 23.4 Å². The van der Waals surface area contributed by atoms with Gasteiger partial charge >= 0.3 is 5.97 Å². The smallest absolute Gasteiger partial charge is 0.338 e. The molecule has 0 aliphatic heterocycles. The number of carbonyl (C=O) groups excluding carboxylic acids is 3. The van der Waals surface area contributed by atoms with Crippen molar-refractivity contribution in [2.75, 3.05) is 11.9 Å². The molecule has 0 spiro atoms. The van der Waals surface area contributed by atoms with Crippen LogP contribution < -0.4 is 5.32 Å². The average Bonchev–Trinajstić information content (AvgIpc) is 2.78. The molecule has 1 N–H and O–H groups in total. The van der Waals surface area contributed by atoms with Crippen LogP contribution in [0, 0.1) is 10.1 Å². The van der Waals surface area contributed by atoms with Crippen molar-refractivity contribution < 1.29 is 24.0 Å². The Morgan fingerprint density at radius 3 is 2.32 bits per heavy atom. The Kier molecular flexibility index (Phi) is 6.85. The molecule has 31 heavy (non-hydrogen) atoms. The number of hydrogen-bond acceptors (Lipinski definition) is 6. The van der Waals surface area contributed by atoms with Gasteiger partial charge in [-0.1, -0.05) is 48.5 Å². The predicted molar refractivity (Wildman–Crippen MR) is 113 cm³/mol. The van der Waals surface area contributed by atoms with Crippen molar-refractivity contribution in [2.45, 2.75) is 6.42 Å². The van der Waals surface area contributed by atoms with Crippen LogP contribution in [-0.2, 0) is 16.0 Å². The van der Waals surface area contributed by atoms with Gasteiger partial charge in [0.25, 0.3) is 5.69 Å². The second kappa shape index (κ2) is 9.93. The summed E-state index contributed by atoms with van der Waals surface area (Å²) in [5, 5.41) is 13.5. The maximum Gasteiger partial charge on any atom is 0.338 e. The number of rotatable bonds is 8. The van der Waals surface area contributed by atoms with Gasteiger partial charge in [-0.25, -0.2) is 4.79 Å². The molecule has 0 fully saturated rings. The van der Waals surface area contributed by atoms with Crippen molar-refractivity contribution in [1.82, 2.24) is 0 Å². The topological polar surface area (TPSA) is 116 Å². The second-order valence-electron chi connectivity index (χ2n) is 6.60. The number of benzene rings is 3. The number of ether oxygens (including phenoxy) is 1. The van der Waals surface area contributed by atoms with E-state index in [-0.39, 0.29) is 29.1 Å². The lowest BCUT2D eigenvalue weighted by Gasteiger charge is -2.08. The number of nitro groups is 1. The van der Waals surface area contributed by atoms with E-state index in [1.165, 1.54) is 30.3 Å². The maximum absolute atomic E-state index is 12.3. The van der Waals surface area contributed by atoms with E-state index in [0.717, 1.165) is 11.6 Å². The molecule has 0 heterocycles. The highest BCUT2D eigenvalue weighted by atomic mass is 16.6. The lowest BCUT2D eigenvalue weighted by Crippen LogP contribution is -2.16. The monoisotopic (exact) mass is 418 g/mol. The van der Waals surface area contributed by atoms with E-state index in [9.17, 15) is 24.5 Å². The molecule has 0 aliphatic rings. The summed E-state index contributed by atoms with van der Waals surface area (Å²) in [5.41, 5.74) is 1.28. The van der Waals surface area contributed by atoms with Gasteiger partial charge in [-0.05, 0) is 23.8 Å². The molecule has 0 aromatic heterocycles. The summed E-state index contributed by atoms with van der Waals surface area (Å²) in [4.78, 5) is 46.9. The number of non-ortho nitro benzene ring substituents is 1. The molecule has 1 amide bonds. The van der Waals surface area contributed by atoms with E-state index in [2.05, 4.69) is 5.32 Å². The first-order valence-electron chi connectivity index (χ1n) is 9.31. The number of esters is 1. The minimum absolute atomic E-state index is 0.0731. The molecule has 0 atom stereocenters. The number of amides is 1. The lowest BCUT2D eigenvalue weighted by molar-refractivity contribution is -0.384. The first kappa shape index (κ1) is 21.4. The molecule has 0 bridgehead atoms. The highest BCUT2D eigenvalue weighted by Gasteiger charge is 2.15. The van der Waals surface area contributed by atoms with Crippen molar-refractivity contribution >= 4 is 29.0 Å². The molecule has 0 saturated heterocycles. The number of nitrogens with one attached hydrogen (secondary N) is 1. The molecule has 3 aromatic carbocycles. The summed E-state index contributed by atoms with van der Waals surface area (Å²) in [6.07, 6.45) is 0.188. The van der Waals surface area contributed by atoms with Crippen LogP contribution in [0.5, 0.6) is 0 Å². The Balaban J connectivity index is 1.58. The first-order valence-corrected chi connectivity index (χ1v) is 9.31. The van der Waals surface area contributed by atoms with Gasteiger partial charge in [0.05, 0.1) is 16.9 Å². The van der Waals surface area contributed by atoms with Crippen LogP contribution in [0.1, 0.15) is 26.3 Å². The van der Waals surface area contributed by atoms with E-state index in [1.54, 1.807) is 12.1 Å². The van der Waals surface area contributed by atoms with Crippen LogP contribution in [0.15, 0.2) is 78.9 Å². The Morgan fingerprint density at radius 2 is 1.58 bits per heavy atom. The fraction of sp³-hybridized carbons (Fsp3) is 0.0870. The number of hydrogen-bond donors (Lipinski definition) is 1. The zero-order valence-corrected chi connectivity index (χ0v) is 16.3. The molecule has 0 unspecified atom stereocenters. The van der Waals surface area contributed by atoms with Crippen LogP contribution in [0.4, 0.5) is 11.4 Å². The summed E-state index contributed by atoms with van der Waals surface area (Å²) >= 11 is 0. The van der Waals surface area contributed by atoms with E-state index >= 15 is 0 Å². The number of anilines is 1. The summed E-state index contributed by atoms with van der Waals surface area (Å²) < 4.78 is 5.03. The van der Waals surface area contributed by atoms with Gasteiger partial charge in [0.2, 0.25) is 11.7 Å². The van der Waals surface area contributed by atoms with Gasteiger partial charge in [0.1, 0.15) is 0 Å². The number of nitrogens with zero attached hydrogens (tertiary/aromatic N) is 1. The molecule has 0 saturated carbocycles. The third-order valence-corrected chi connectivity index (χ3v) is 4.30. The maximum atomic E-state index is 12.3. The summed E-state index contributed by atoms with van der Waals surface area (Å²) in [5.74, 6) is -1.56. The van der Waals surface area contributed by atoms with Crippen LogP contribution in [0.3, 0.4) is 0 Å².